The van der Waals surface area contributed by atoms with Crippen molar-refractivity contribution in [2.75, 3.05) is 13.7 Å². The third kappa shape index (κ3) is 3.60. The van der Waals surface area contributed by atoms with Crippen LogP contribution in [0.5, 0.6) is 5.75 Å². The predicted molar refractivity (Wildman–Crippen MR) is 119 cm³/mol. The summed E-state index contributed by atoms with van der Waals surface area (Å²) in [5, 5.41) is 3.44. The Morgan fingerprint density at radius 1 is 1.27 bits per heavy atom. The molecule has 1 aliphatic rings. The Hall–Kier alpha value is -2.74. The number of methoxy groups -OCH3 is 1. The number of halogens is 1. The second kappa shape index (κ2) is 7.83. The molecule has 0 fully saturated rings. The molecule has 4 aromatic rings. The van der Waals surface area contributed by atoms with Crippen LogP contribution >= 0.6 is 22.9 Å². The minimum absolute atomic E-state index is 0.0689. The number of hydrogen-bond donors (Lipinski definition) is 1. The van der Waals surface area contributed by atoms with Crippen LogP contribution in [0.25, 0.3) is 21.6 Å². The van der Waals surface area contributed by atoms with Crippen molar-refractivity contribution >= 4 is 33.8 Å². The number of hydrogen-bond acceptors (Lipinski definition) is 6. The zero-order chi connectivity index (χ0) is 20.7. The molecular weight excluding hydrogens is 420 g/mol. The highest BCUT2D eigenvalue weighted by Gasteiger charge is 2.22. The van der Waals surface area contributed by atoms with Crippen LogP contribution in [-0.4, -0.2) is 33.5 Å². The predicted octanol–water partition coefficient (Wildman–Crippen LogP) is 4.27. The lowest BCUT2D eigenvalue weighted by Crippen LogP contribution is -2.35. The number of pyridine rings is 1. The monoisotopic (exact) mass is 438 g/mol. The smallest absolute Gasteiger partial charge is 0.255 e. The molecule has 4 heterocycles. The maximum atomic E-state index is 12.7. The van der Waals surface area contributed by atoms with Crippen molar-refractivity contribution in [1.29, 1.82) is 0 Å². The molecule has 1 N–H and O–H groups in total. The molecule has 0 atom stereocenters. The SMILES string of the molecule is COc1ccc2nc(Cl)c(CN3CCc4nc(-c5cccs5)[nH]c(=O)c4C3)cc2c1. The Labute approximate surface area is 182 Å². The quantitative estimate of drug-likeness (QED) is 0.482. The zero-order valence-electron chi connectivity index (χ0n) is 16.3. The van der Waals surface area contributed by atoms with Gasteiger partial charge in [0, 0.05) is 37.0 Å². The number of nitrogens with zero attached hydrogens (tertiary/aromatic N) is 3. The first-order valence-electron chi connectivity index (χ1n) is 9.62. The molecule has 0 amide bonds. The molecule has 1 aliphatic heterocycles. The van der Waals surface area contributed by atoms with Crippen LogP contribution in [0.15, 0.2) is 46.6 Å². The van der Waals surface area contributed by atoms with E-state index in [4.69, 9.17) is 21.3 Å². The summed E-state index contributed by atoms with van der Waals surface area (Å²) >= 11 is 8.03. The molecule has 0 aliphatic carbocycles. The molecule has 1 aromatic carbocycles. The number of nitrogens with one attached hydrogen (secondary N) is 1. The van der Waals surface area contributed by atoms with Crippen molar-refractivity contribution in [3.05, 3.63) is 74.1 Å². The van der Waals surface area contributed by atoms with Crippen molar-refractivity contribution in [2.24, 2.45) is 0 Å². The van der Waals surface area contributed by atoms with E-state index in [0.717, 1.165) is 51.3 Å². The van der Waals surface area contributed by atoms with Crippen molar-refractivity contribution in [3.63, 3.8) is 0 Å². The van der Waals surface area contributed by atoms with Gasteiger partial charge in [0.25, 0.3) is 5.56 Å². The van der Waals surface area contributed by atoms with Gasteiger partial charge in [0.15, 0.2) is 5.82 Å². The minimum atomic E-state index is -0.0689. The average Bonchev–Trinajstić information content (AvgIpc) is 3.29. The molecule has 0 saturated heterocycles. The van der Waals surface area contributed by atoms with Crippen LogP contribution in [-0.2, 0) is 19.5 Å². The van der Waals surface area contributed by atoms with E-state index in [-0.39, 0.29) is 5.56 Å². The van der Waals surface area contributed by atoms with E-state index in [9.17, 15) is 4.79 Å². The summed E-state index contributed by atoms with van der Waals surface area (Å²) in [5.41, 5.74) is 3.30. The van der Waals surface area contributed by atoms with Gasteiger partial charge in [-0.05, 0) is 35.7 Å². The Bertz CT molecular complexity index is 1290. The van der Waals surface area contributed by atoms with Crippen LogP contribution in [0.1, 0.15) is 16.8 Å². The molecule has 0 bridgehead atoms. The zero-order valence-corrected chi connectivity index (χ0v) is 17.9. The summed E-state index contributed by atoms with van der Waals surface area (Å²) in [6, 6.07) is 11.7. The Balaban J connectivity index is 1.41. The van der Waals surface area contributed by atoms with Gasteiger partial charge < -0.3 is 9.72 Å². The average molecular weight is 439 g/mol. The molecule has 0 radical (unpaired) electrons. The fraction of sp³-hybridized carbons (Fsp3) is 0.227. The van der Waals surface area contributed by atoms with Gasteiger partial charge in [0.05, 0.1) is 28.8 Å². The van der Waals surface area contributed by atoms with E-state index in [1.165, 1.54) is 0 Å². The van der Waals surface area contributed by atoms with E-state index in [1.54, 1.807) is 18.4 Å². The van der Waals surface area contributed by atoms with Gasteiger partial charge in [0.1, 0.15) is 10.9 Å². The van der Waals surface area contributed by atoms with Gasteiger partial charge in [-0.1, -0.05) is 17.7 Å². The maximum absolute atomic E-state index is 12.7. The summed E-state index contributed by atoms with van der Waals surface area (Å²) in [7, 11) is 1.64. The highest BCUT2D eigenvalue weighted by Crippen LogP contribution is 2.27. The minimum Gasteiger partial charge on any atom is -0.497 e. The standard InChI is InChI=1S/C22H19ClN4O2S/c1-29-15-4-5-17-13(10-15)9-14(20(23)24-17)11-27-7-6-18-16(12-27)22(28)26-21(25-18)19-3-2-8-30-19/h2-5,8-10H,6-7,11-12H2,1H3,(H,25,26,28). The molecule has 152 valence electrons. The molecule has 8 heteroatoms. The Kier molecular flexibility index (Phi) is 5.02. The molecule has 0 spiro atoms. The first kappa shape index (κ1) is 19.2. The van der Waals surface area contributed by atoms with E-state index >= 15 is 0 Å². The number of benzene rings is 1. The Morgan fingerprint density at radius 2 is 2.17 bits per heavy atom. The first-order chi connectivity index (χ1) is 14.6. The van der Waals surface area contributed by atoms with Crippen LogP contribution in [0.2, 0.25) is 5.15 Å². The van der Waals surface area contributed by atoms with Crippen LogP contribution in [0, 0.1) is 0 Å². The lowest BCUT2D eigenvalue weighted by molar-refractivity contribution is 0.242. The van der Waals surface area contributed by atoms with Gasteiger partial charge in [-0.25, -0.2) is 9.97 Å². The van der Waals surface area contributed by atoms with Crippen LogP contribution < -0.4 is 10.3 Å². The fourth-order valence-corrected chi connectivity index (χ4v) is 4.67. The summed E-state index contributed by atoms with van der Waals surface area (Å²) in [6.45, 7) is 1.96. The highest BCUT2D eigenvalue weighted by molar-refractivity contribution is 7.13. The number of rotatable bonds is 4. The molecule has 0 saturated carbocycles. The lowest BCUT2D eigenvalue weighted by Gasteiger charge is -2.28. The van der Waals surface area contributed by atoms with E-state index in [2.05, 4.69) is 14.9 Å². The van der Waals surface area contributed by atoms with E-state index in [0.29, 0.717) is 24.1 Å². The van der Waals surface area contributed by atoms with E-state index in [1.807, 2.05) is 41.8 Å². The van der Waals surface area contributed by atoms with Gasteiger partial charge in [-0.3, -0.25) is 9.69 Å². The fourth-order valence-electron chi connectivity index (χ4n) is 3.80. The highest BCUT2D eigenvalue weighted by atomic mass is 35.5. The van der Waals surface area contributed by atoms with Gasteiger partial charge >= 0.3 is 0 Å². The number of fused-ring (bicyclic) bond motifs is 2. The first-order valence-corrected chi connectivity index (χ1v) is 10.9. The lowest BCUT2D eigenvalue weighted by atomic mass is 10.1. The maximum Gasteiger partial charge on any atom is 0.255 e. The topological polar surface area (TPSA) is 71.1 Å². The summed E-state index contributed by atoms with van der Waals surface area (Å²) < 4.78 is 5.32. The molecule has 5 rings (SSSR count). The van der Waals surface area contributed by atoms with Crippen molar-refractivity contribution in [3.8, 4) is 16.5 Å². The number of aromatic nitrogens is 3. The van der Waals surface area contributed by atoms with Crippen molar-refractivity contribution in [1.82, 2.24) is 19.9 Å². The van der Waals surface area contributed by atoms with Crippen molar-refractivity contribution in [2.45, 2.75) is 19.5 Å². The third-order valence-electron chi connectivity index (χ3n) is 5.34. The van der Waals surface area contributed by atoms with E-state index < -0.39 is 0 Å². The number of aromatic amines is 1. The summed E-state index contributed by atoms with van der Waals surface area (Å²) in [4.78, 5) is 28.1. The summed E-state index contributed by atoms with van der Waals surface area (Å²) in [6.07, 6.45) is 0.726. The second-order valence-electron chi connectivity index (χ2n) is 7.27. The number of ether oxygens (including phenoxy) is 1. The van der Waals surface area contributed by atoms with Gasteiger partial charge in [-0.15, -0.1) is 11.3 Å². The largest absolute Gasteiger partial charge is 0.497 e. The molecule has 0 unspecified atom stereocenters. The molecule has 6 nitrogen and oxygen atoms in total. The van der Waals surface area contributed by atoms with Gasteiger partial charge in [0.2, 0.25) is 0 Å². The van der Waals surface area contributed by atoms with Gasteiger partial charge in [-0.2, -0.15) is 0 Å². The normalized spacial score (nSPS) is 14.1. The second-order valence-corrected chi connectivity index (χ2v) is 8.58. The van der Waals surface area contributed by atoms with Crippen LogP contribution in [0.4, 0.5) is 0 Å². The summed E-state index contributed by atoms with van der Waals surface area (Å²) in [5.74, 6) is 1.43. The molecule has 30 heavy (non-hydrogen) atoms. The molecular formula is C22H19ClN4O2S. The molecule has 3 aromatic heterocycles. The number of thiophene rings is 1. The third-order valence-corrected chi connectivity index (χ3v) is 6.55. The Morgan fingerprint density at radius 3 is 2.97 bits per heavy atom. The number of H-pyrrole nitrogens is 1. The van der Waals surface area contributed by atoms with Crippen LogP contribution in [0.3, 0.4) is 0 Å². The van der Waals surface area contributed by atoms with Crippen molar-refractivity contribution < 1.29 is 4.74 Å².